The van der Waals surface area contributed by atoms with Gasteiger partial charge in [0.2, 0.25) is 0 Å². The third-order valence-electron chi connectivity index (χ3n) is 2.69. The van der Waals surface area contributed by atoms with E-state index in [9.17, 15) is 4.79 Å². The summed E-state index contributed by atoms with van der Waals surface area (Å²) in [5, 5.41) is 1.30. The summed E-state index contributed by atoms with van der Waals surface area (Å²) < 4.78 is 5.63. The van der Waals surface area contributed by atoms with Crippen LogP contribution < -0.4 is 10.5 Å². The number of halogens is 2. The smallest absolute Gasteiger partial charge is 0.251 e. The van der Waals surface area contributed by atoms with Crippen molar-refractivity contribution in [3.63, 3.8) is 0 Å². The number of primary amides is 1. The number of fused-ring (bicyclic) bond motifs is 1. The van der Waals surface area contributed by atoms with Crippen molar-refractivity contribution in [2.45, 2.75) is 13.8 Å². The molecule has 1 heterocycles. The quantitative estimate of drug-likeness (QED) is 0.936. The monoisotopic (exact) mass is 312 g/mol. The lowest BCUT2D eigenvalue weighted by atomic mass is 10.1. The molecule has 0 atom stereocenters. The minimum absolute atomic E-state index is 0.177. The molecule has 0 bridgehead atoms. The molecule has 20 heavy (non-hydrogen) atoms. The van der Waals surface area contributed by atoms with E-state index in [1.807, 2.05) is 13.8 Å². The Morgan fingerprint density at radius 2 is 2.10 bits per heavy atom. The average Bonchev–Trinajstić information content (AvgIpc) is 2.36. The van der Waals surface area contributed by atoms with E-state index in [0.717, 1.165) is 0 Å². The molecule has 0 saturated heterocycles. The van der Waals surface area contributed by atoms with Crippen LogP contribution in [0.15, 0.2) is 18.3 Å². The number of rotatable bonds is 4. The van der Waals surface area contributed by atoms with E-state index >= 15 is 0 Å². The molecule has 1 aromatic carbocycles. The molecule has 2 aromatic rings. The molecule has 1 amide bonds. The lowest BCUT2D eigenvalue weighted by Crippen LogP contribution is -2.12. The van der Waals surface area contributed by atoms with Crippen LogP contribution in [0.2, 0.25) is 10.0 Å². The minimum atomic E-state index is -0.621. The highest BCUT2D eigenvalue weighted by Gasteiger charge is 2.14. The molecule has 2 N–H and O–H groups in total. The zero-order valence-electron chi connectivity index (χ0n) is 11.1. The molecule has 0 aliphatic heterocycles. The van der Waals surface area contributed by atoms with Crippen LogP contribution in [-0.2, 0) is 0 Å². The van der Waals surface area contributed by atoms with E-state index in [-0.39, 0.29) is 10.6 Å². The molecule has 0 aliphatic rings. The maximum atomic E-state index is 11.3. The van der Waals surface area contributed by atoms with Crippen LogP contribution in [0.4, 0.5) is 0 Å². The SMILES string of the molecule is CC(C)COc1cc2c(Cl)c(C(N)=O)cnc2cc1Cl. The van der Waals surface area contributed by atoms with E-state index < -0.39 is 5.91 Å². The van der Waals surface area contributed by atoms with Crippen LogP contribution in [0.25, 0.3) is 10.9 Å². The van der Waals surface area contributed by atoms with Crippen molar-refractivity contribution < 1.29 is 9.53 Å². The maximum Gasteiger partial charge on any atom is 0.251 e. The first kappa shape index (κ1) is 14.9. The molecular formula is C14H14Cl2N2O2. The minimum Gasteiger partial charge on any atom is -0.492 e. The summed E-state index contributed by atoms with van der Waals surface area (Å²) in [5.74, 6) is 0.259. The fourth-order valence-corrected chi connectivity index (χ4v) is 2.21. The predicted molar refractivity (Wildman–Crippen MR) is 80.6 cm³/mol. The number of nitrogens with zero attached hydrogens (tertiary/aromatic N) is 1. The third kappa shape index (κ3) is 2.97. The van der Waals surface area contributed by atoms with Gasteiger partial charge in [0.05, 0.1) is 27.7 Å². The van der Waals surface area contributed by atoms with Gasteiger partial charge in [0.25, 0.3) is 5.91 Å². The van der Waals surface area contributed by atoms with E-state index in [1.54, 1.807) is 12.1 Å². The predicted octanol–water partition coefficient (Wildman–Crippen LogP) is 3.68. The average molecular weight is 313 g/mol. The molecule has 2 rings (SSSR count). The van der Waals surface area contributed by atoms with Gasteiger partial charge in [-0.05, 0) is 18.1 Å². The zero-order chi connectivity index (χ0) is 14.9. The Kier molecular flexibility index (Phi) is 4.35. The van der Waals surface area contributed by atoms with Crippen molar-refractivity contribution in [3.05, 3.63) is 33.9 Å². The fourth-order valence-electron chi connectivity index (χ4n) is 1.70. The number of pyridine rings is 1. The number of hydrogen-bond donors (Lipinski definition) is 1. The number of aromatic nitrogens is 1. The maximum absolute atomic E-state index is 11.3. The van der Waals surface area contributed by atoms with Crippen LogP contribution in [0, 0.1) is 5.92 Å². The number of carbonyl (C=O) groups excluding carboxylic acids is 1. The van der Waals surface area contributed by atoms with Crippen LogP contribution in [0.1, 0.15) is 24.2 Å². The van der Waals surface area contributed by atoms with Gasteiger partial charge in [0, 0.05) is 11.6 Å². The summed E-state index contributed by atoms with van der Waals surface area (Å²) in [7, 11) is 0. The van der Waals surface area contributed by atoms with Gasteiger partial charge in [0.1, 0.15) is 5.75 Å². The number of ether oxygens (including phenoxy) is 1. The van der Waals surface area contributed by atoms with Crippen LogP contribution in [0.5, 0.6) is 5.75 Å². The first-order valence-corrected chi connectivity index (χ1v) is 6.86. The molecule has 0 fully saturated rings. The van der Waals surface area contributed by atoms with Crippen LogP contribution in [0.3, 0.4) is 0 Å². The molecule has 0 saturated carbocycles. The van der Waals surface area contributed by atoms with Crippen molar-refractivity contribution in [1.82, 2.24) is 4.98 Å². The Hall–Kier alpha value is -1.52. The highest BCUT2D eigenvalue weighted by atomic mass is 35.5. The largest absolute Gasteiger partial charge is 0.492 e. The highest BCUT2D eigenvalue weighted by Crippen LogP contribution is 2.34. The topological polar surface area (TPSA) is 65.2 Å². The Balaban J connectivity index is 2.54. The zero-order valence-corrected chi connectivity index (χ0v) is 12.6. The second-order valence-electron chi connectivity index (χ2n) is 4.85. The van der Waals surface area contributed by atoms with Gasteiger partial charge >= 0.3 is 0 Å². The lowest BCUT2D eigenvalue weighted by molar-refractivity contribution is 0.100. The van der Waals surface area contributed by atoms with Gasteiger partial charge < -0.3 is 10.5 Å². The molecule has 0 radical (unpaired) electrons. The summed E-state index contributed by atoms with van der Waals surface area (Å²) in [6.45, 7) is 4.61. The van der Waals surface area contributed by atoms with Gasteiger partial charge in [-0.1, -0.05) is 37.0 Å². The first-order valence-electron chi connectivity index (χ1n) is 6.10. The molecule has 6 heteroatoms. The molecule has 0 spiro atoms. The van der Waals surface area contributed by atoms with Gasteiger partial charge in [-0.2, -0.15) is 0 Å². The molecule has 0 unspecified atom stereocenters. The third-order valence-corrected chi connectivity index (χ3v) is 3.40. The second-order valence-corrected chi connectivity index (χ2v) is 5.64. The van der Waals surface area contributed by atoms with Gasteiger partial charge in [0.15, 0.2) is 0 Å². The molecular weight excluding hydrogens is 299 g/mol. The van der Waals surface area contributed by atoms with Gasteiger partial charge in [-0.15, -0.1) is 0 Å². The van der Waals surface area contributed by atoms with Crippen molar-refractivity contribution in [3.8, 4) is 5.75 Å². The van der Waals surface area contributed by atoms with Gasteiger partial charge in [-0.25, -0.2) is 0 Å². The summed E-state index contributed by atoms with van der Waals surface area (Å²) in [5.41, 5.74) is 6.01. The lowest BCUT2D eigenvalue weighted by Gasteiger charge is -2.12. The van der Waals surface area contributed by atoms with Crippen LogP contribution >= 0.6 is 23.2 Å². The van der Waals surface area contributed by atoms with Crippen molar-refractivity contribution in [2.24, 2.45) is 11.7 Å². The first-order chi connectivity index (χ1) is 9.40. The Bertz CT molecular complexity index is 672. The van der Waals surface area contributed by atoms with Gasteiger partial charge in [-0.3, -0.25) is 9.78 Å². The van der Waals surface area contributed by atoms with E-state index in [1.165, 1.54) is 6.20 Å². The van der Waals surface area contributed by atoms with E-state index in [2.05, 4.69) is 4.98 Å². The molecule has 106 valence electrons. The number of amides is 1. The number of benzene rings is 1. The van der Waals surface area contributed by atoms with E-state index in [4.69, 9.17) is 33.7 Å². The fraction of sp³-hybridized carbons (Fsp3) is 0.286. The standard InChI is InChI=1S/C14H14Cl2N2O2/c1-7(2)6-20-12-3-8-11(4-10(12)15)18-5-9(13(8)16)14(17)19/h3-5,7H,6H2,1-2H3,(H2,17,19). The van der Waals surface area contributed by atoms with E-state index in [0.29, 0.717) is 34.2 Å². The molecule has 0 aliphatic carbocycles. The second kappa shape index (κ2) is 5.85. The summed E-state index contributed by atoms with van der Waals surface area (Å²) in [6, 6.07) is 3.34. The van der Waals surface area contributed by atoms with Crippen molar-refractivity contribution in [2.75, 3.05) is 6.61 Å². The Morgan fingerprint density at radius 1 is 1.40 bits per heavy atom. The van der Waals surface area contributed by atoms with Crippen LogP contribution in [-0.4, -0.2) is 17.5 Å². The summed E-state index contributed by atoms with van der Waals surface area (Å²) >= 11 is 12.3. The molecule has 4 nitrogen and oxygen atoms in total. The number of carbonyl (C=O) groups is 1. The normalized spacial score (nSPS) is 11.1. The Labute approximate surface area is 126 Å². The van der Waals surface area contributed by atoms with Crippen molar-refractivity contribution >= 4 is 40.0 Å². The number of nitrogens with two attached hydrogens (primary N) is 1. The number of hydrogen-bond acceptors (Lipinski definition) is 3. The summed E-state index contributed by atoms with van der Waals surface area (Å²) in [6.07, 6.45) is 1.35. The highest BCUT2D eigenvalue weighted by molar-refractivity contribution is 6.39. The summed E-state index contributed by atoms with van der Waals surface area (Å²) in [4.78, 5) is 15.4. The van der Waals surface area contributed by atoms with Crippen molar-refractivity contribution in [1.29, 1.82) is 0 Å². The Morgan fingerprint density at radius 3 is 2.70 bits per heavy atom. The molecule has 1 aromatic heterocycles.